The number of piperidine rings is 1. The number of carboxylic acid groups (broad SMARTS) is 1. The lowest BCUT2D eigenvalue weighted by Crippen LogP contribution is -2.56. The second-order valence-electron chi connectivity index (χ2n) is 8.50. The summed E-state index contributed by atoms with van der Waals surface area (Å²) in [6, 6.07) is 0.0604. The fraction of sp³-hybridized carbons (Fsp3) is 0.476. The SMILES string of the molecule is C[C@@H]1CCN(C(=O)[C@H](CCCNc2ncc[nH]2)NS(=O)(=O)c2cc(Cl)c(N)c(Cl)c2)[C@@H](C(=O)O)C1. The number of nitrogens with one attached hydrogen (secondary N) is 3. The van der Waals surface area contributed by atoms with Crippen molar-refractivity contribution in [3.8, 4) is 0 Å². The molecule has 0 saturated carbocycles. The third kappa shape index (κ3) is 6.78. The minimum absolute atomic E-state index is 0.0376. The van der Waals surface area contributed by atoms with Crippen LogP contribution in [0.1, 0.15) is 32.6 Å². The maximum atomic E-state index is 13.5. The highest BCUT2D eigenvalue weighted by Crippen LogP contribution is 2.31. The van der Waals surface area contributed by atoms with Gasteiger partial charge >= 0.3 is 5.97 Å². The Kier molecular flexibility index (Phi) is 8.86. The Bertz CT molecular complexity index is 1140. The summed E-state index contributed by atoms with van der Waals surface area (Å²) in [5, 5.41) is 12.6. The quantitative estimate of drug-likeness (QED) is 0.223. The van der Waals surface area contributed by atoms with E-state index >= 15 is 0 Å². The van der Waals surface area contributed by atoms with E-state index in [2.05, 4.69) is 20.0 Å². The van der Waals surface area contributed by atoms with Gasteiger partial charge < -0.3 is 26.0 Å². The zero-order valence-electron chi connectivity index (χ0n) is 19.0. The molecule has 192 valence electrons. The van der Waals surface area contributed by atoms with Gasteiger partial charge in [0.1, 0.15) is 12.1 Å². The van der Waals surface area contributed by atoms with E-state index in [-0.39, 0.29) is 39.5 Å². The molecule has 0 bridgehead atoms. The molecule has 6 N–H and O–H groups in total. The Morgan fingerprint density at radius 3 is 2.63 bits per heavy atom. The summed E-state index contributed by atoms with van der Waals surface area (Å²) in [5.41, 5.74) is 5.74. The Labute approximate surface area is 213 Å². The highest BCUT2D eigenvalue weighted by Gasteiger charge is 2.38. The van der Waals surface area contributed by atoms with E-state index in [1.54, 1.807) is 12.4 Å². The standard InChI is InChI=1S/C21H28Cl2N6O5S/c1-12-4-8-29(17(9-12)20(31)32)19(30)16(3-2-5-25-21-26-6-7-27-21)28-35(33,34)13-10-14(22)18(24)15(23)11-13/h6-7,10-12,16-17,28H,2-5,8-9,24H2,1H3,(H,31,32)(H2,25,26,27)/t12-,16+,17-/m1/s1. The molecule has 1 amide bonds. The van der Waals surface area contributed by atoms with Crippen LogP contribution >= 0.6 is 23.2 Å². The number of nitrogens with two attached hydrogens (primary N) is 1. The van der Waals surface area contributed by atoms with Crippen molar-refractivity contribution < 1.29 is 23.1 Å². The second kappa shape index (κ2) is 11.5. The molecule has 1 aromatic carbocycles. The second-order valence-corrected chi connectivity index (χ2v) is 11.0. The normalized spacial score (nSPS) is 19.3. The summed E-state index contributed by atoms with van der Waals surface area (Å²) in [4.78, 5) is 33.2. The van der Waals surface area contributed by atoms with E-state index in [0.717, 1.165) is 12.1 Å². The lowest BCUT2D eigenvalue weighted by molar-refractivity contribution is -0.153. The Balaban J connectivity index is 1.82. The van der Waals surface area contributed by atoms with Crippen LogP contribution in [0.15, 0.2) is 29.4 Å². The summed E-state index contributed by atoms with van der Waals surface area (Å²) < 4.78 is 28.7. The maximum absolute atomic E-state index is 13.5. The van der Waals surface area contributed by atoms with Gasteiger partial charge in [0.2, 0.25) is 15.9 Å². The van der Waals surface area contributed by atoms with Crippen molar-refractivity contribution in [2.24, 2.45) is 5.92 Å². The number of amides is 1. The van der Waals surface area contributed by atoms with E-state index in [1.807, 2.05) is 6.92 Å². The van der Waals surface area contributed by atoms with Gasteiger partial charge in [-0.15, -0.1) is 0 Å². The van der Waals surface area contributed by atoms with Gasteiger partial charge in [-0.05, 0) is 43.7 Å². The summed E-state index contributed by atoms with van der Waals surface area (Å²) in [6.07, 6.45) is 4.65. The number of halogens is 2. The van der Waals surface area contributed by atoms with Gasteiger partial charge in [0.05, 0.1) is 20.6 Å². The van der Waals surface area contributed by atoms with Crippen molar-refractivity contribution in [3.05, 3.63) is 34.6 Å². The molecule has 3 atom stereocenters. The predicted molar refractivity (Wildman–Crippen MR) is 133 cm³/mol. The average molecular weight is 547 g/mol. The molecule has 11 nitrogen and oxygen atoms in total. The van der Waals surface area contributed by atoms with Crippen LogP contribution < -0.4 is 15.8 Å². The number of carbonyl (C=O) groups excluding carboxylic acids is 1. The van der Waals surface area contributed by atoms with Gasteiger partial charge in [0.15, 0.2) is 5.95 Å². The molecule has 1 aromatic heterocycles. The molecule has 0 radical (unpaired) electrons. The number of aliphatic carboxylic acids is 1. The van der Waals surface area contributed by atoms with Crippen LogP contribution in [-0.4, -0.2) is 65.4 Å². The fourth-order valence-corrected chi connectivity index (χ4v) is 5.81. The number of imidazole rings is 1. The molecule has 0 aliphatic carbocycles. The summed E-state index contributed by atoms with van der Waals surface area (Å²) in [5.74, 6) is -1.05. The van der Waals surface area contributed by atoms with Crippen molar-refractivity contribution in [2.75, 3.05) is 24.1 Å². The molecule has 3 rings (SSSR count). The van der Waals surface area contributed by atoms with Gasteiger partial charge in [-0.3, -0.25) is 4.79 Å². The summed E-state index contributed by atoms with van der Waals surface area (Å²) in [6.45, 7) is 2.55. The highest BCUT2D eigenvalue weighted by molar-refractivity contribution is 7.89. The Hall–Kier alpha value is -2.54. The number of hydrogen-bond acceptors (Lipinski definition) is 7. The van der Waals surface area contributed by atoms with Crippen molar-refractivity contribution >= 4 is 56.7 Å². The van der Waals surface area contributed by atoms with Gasteiger partial charge in [0.25, 0.3) is 0 Å². The zero-order valence-corrected chi connectivity index (χ0v) is 21.3. The summed E-state index contributed by atoms with van der Waals surface area (Å²) in [7, 11) is -4.24. The Morgan fingerprint density at radius 2 is 2.03 bits per heavy atom. The van der Waals surface area contributed by atoms with Crippen LogP contribution in [0.2, 0.25) is 10.0 Å². The molecule has 2 heterocycles. The number of carboxylic acids is 1. The Morgan fingerprint density at radius 1 is 1.34 bits per heavy atom. The van der Waals surface area contributed by atoms with Gasteiger partial charge in [-0.25, -0.2) is 18.2 Å². The van der Waals surface area contributed by atoms with Crippen LogP contribution in [0.3, 0.4) is 0 Å². The number of rotatable bonds is 10. The number of anilines is 2. The number of H-pyrrole nitrogens is 1. The molecule has 2 aromatic rings. The lowest BCUT2D eigenvalue weighted by Gasteiger charge is -2.38. The zero-order chi connectivity index (χ0) is 25.8. The molecule has 0 spiro atoms. The third-order valence-corrected chi connectivity index (χ3v) is 7.93. The molecule has 1 aliphatic rings. The van der Waals surface area contributed by atoms with Crippen molar-refractivity contribution in [1.82, 2.24) is 19.6 Å². The van der Waals surface area contributed by atoms with Crippen molar-refractivity contribution in [3.63, 3.8) is 0 Å². The van der Waals surface area contributed by atoms with Crippen LogP contribution in [0.5, 0.6) is 0 Å². The van der Waals surface area contributed by atoms with Crippen LogP contribution in [0.4, 0.5) is 11.6 Å². The van der Waals surface area contributed by atoms with Crippen LogP contribution in [0, 0.1) is 5.92 Å². The van der Waals surface area contributed by atoms with E-state index in [0.29, 0.717) is 31.8 Å². The number of nitrogens with zero attached hydrogens (tertiary/aromatic N) is 2. The fourth-order valence-electron chi connectivity index (χ4n) is 3.92. The first kappa shape index (κ1) is 27.1. The topological polar surface area (TPSA) is 171 Å². The molecule has 35 heavy (non-hydrogen) atoms. The van der Waals surface area contributed by atoms with Crippen LogP contribution in [-0.2, 0) is 19.6 Å². The molecule has 1 saturated heterocycles. The molecular formula is C21H28Cl2N6O5S. The third-order valence-electron chi connectivity index (χ3n) is 5.85. The van der Waals surface area contributed by atoms with Gasteiger partial charge in [0, 0.05) is 25.5 Å². The maximum Gasteiger partial charge on any atom is 0.326 e. The largest absolute Gasteiger partial charge is 0.480 e. The number of aromatic nitrogens is 2. The molecule has 14 heteroatoms. The predicted octanol–water partition coefficient (Wildman–Crippen LogP) is 2.55. The highest BCUT2D eigenvalue weighted by atomic mass is 35.5. The number of carbonyl (C=O) groups is 2. The first-order valence-corrected chi connectivity index (χ1v) is 13.3. The van der Waals surface area contributed by atoms with Crippen LogP contribution in [0.25, 0.3) is 0 Å². The number of aromatic amines is 1. The van der Waals surface area contributed by atoms with Crippen molar-refractivity contribution in [2.45, 2.75) is 49.6 Å². The van der Waals surface area contributed by atoms with E-state index in [9.17, 15) is 23.1 Å². The number of benzene rings is 1. The average Bonchev–Trinajstić information content (AvgIpc) is 3.32. The van der Waals surface area contributed by atoms with Crippen molar-refractivity contribution in [1.29, 1.82) is 0 Å². The minimum atomic E-state index is -4.24. The van der Waals surface area contributed by atoms with Gasteiger partial charge in [-0.2, -0.15) is 4.72 Å². The van der Waals surface area contributed by atoms with E-state index in [1.165, 1.54) is 4.90 Å². The number of likely N-dealkylation sites (tertiary alicyclic amines) is 1. The smallest absolute Gasteiger partial charge is 0.326 e. The molecule has 1 fully saturated rings. The van der Waals surface area contributed by atoms with E-state index < -0.39 is 34.0 Å². The first-order valence-electron chi connectivity index (χ1n) is 11.0. The monoisotopic (exact) mass is 546 g/mol. The number of nitrogen functional groups attached to an aromatic ring is 1. The van der Waals surface area contributed by atoms with Gasteiger partial charge in [-0.1, -0.05) is 30.1 Å². The van der Waals surface area contributed by atoms with E-state index in [4.69, 9.17) is 28.9 Å². The minimum Gasteiger partial charge on any atom is -0.480 e. The molecule has 1 aliphatic heterocycles. The number of sulfonamides is 1. The molecule has 0 unspecified atom stereocenters. The lowest BCUT2D eigenvalue weighted by atomic mass is 9.91. The molecular weight excluding hydrogens is 519 g/mol. The number of hydrogen-bond donors (Lipinski definition) is 5. The summed E-state index contributed by atoms with van der Waals surface area (Å²) >= 11 is 12.0. The first-order chi connectivity index (χ1) is 16.5.